The van der Waals surface area contributed by atoms with E-state index in [0.717, 1.165) is 57.1 Å². The maximum absolute atomic E-state index is 10.0. The second-order valence-electron chi connectivity index (χ2n) is 9.64. The van der Waals surface area contributed by atoms with Crippen LogP contribution in [0.2, 0.25) is 0 Å². The van der Waals surface area contributed by atoms with Gasteiger partial charge in [0.2, 0.25) is 0 Å². The lowest BCUT2D eigenvalue weighted by molar-refractivity contribution is 0.0843. The number of piperidine rings is 1. The number of hydrogen-bond donors (Lipinski definition) is 1. The zero-order valence-corrected chi connectivity index (χ0v) is 17.9. The molecule has 4 aliphatic rings. The third-order valence-electron chi connectivity index (χ3n) is 7.04. The number of rotatable bonds is 6. The Morgan fingerprint density at radius 1 is 1.14 bits per heavy atom. The van der Waals surface area contributed by atoms with Crippen LogP contribution in [-0.2, 0) is 6.42 Å². The number of ether oxygens (including phenoxy) is 1. The summed E-state index contributed by atoms with van der Waals surface area (Å²) in [5.41, 5.74) is 3.91. The Balaban J connectivity index is 1.28. The molecular weight excluding hydrogens is 362 g/mol. The normalized spacial score (nSPS) is 25.2. The lowest BCUT2D eigenvalue weighted by atomic mass is 10.1. The molecule has 158 valence electrons. The van der Waals surface area contributed by atoms with Gasteiger partial charge in [-0.15, -0.1) is 0 Å². The van der Waals surface area contributed by atoms with Crippen molar-refractivity contribution in [3.05, 3.63) is 35.7 Å². The lowest BCUT2D eigenvalue weighted by Crippen LogP contribution is -2.48. The molecule has 0 amide bonds. The molecule has 0 unspecified atom stereocenters. The molecule has 29 heavy (non-hydrogen) atoms. The quantitative estimate of drug-likeness (QED) is 0.798. The fourth-order valence-electron chi connectivity index (χ4n) is 5.20. The van der Waals surface area contributed by atoms with Gasteiger partial charge in [0.25, 0.3) is 0 Å². The Morgan fingerprint density at radius 3 is 2.62 bits per heavy atom. The van der Waals surface area contributed by atoms with Gasteiger partial charge in [0.1, 0.15) is 11.9 Å². The van der Waals surface area contributed by atoms with Crippen molar-refractivity contribution in [1.82, 2.24) is 9.80 Å². The molecule has 1 aromatic carbocycles. The molecule has 1 aliphatic carbocycles. The highest BCUT2D eigenvalue weighted by atomic mass is 16.5. The molecule has 0 bridgehead atoms. The molecule has 3 heterocycles. The Bertz CT molecular complexity index is 765. The maximum atomic E-state index is 10.0. The first-order valence-electron chi connectivity index (χ1n) is 11.5. The molecule has 1 saturated heterocycles. The van der Waals surface area contributed by atoms with E-state index in [9.17, 15) is 5.11 Å². The first kappa shape index (κ1) is 19.3. The highest BCUT2D eigenvalue weighted by molar-refractivity contribution is 5.68. The summed E-state index contributed by atoms with van der Waals surface area (Å²) in [4.78, 5) is 7.34. The first-order valence-corrected chi connectivity index (χ1v) is 11.5. The second-order valence-corrected chi connectivity index (χ2v) is 9.64. The summed E-state index contributed by atoms with van der Waals surface area (Å²) in [7, 11) is 0. The van der Waals surface area contributed by atoms with E-state index in [-0.39, 0.29) is 12.6 Å². The molecule has 3 aliphatic heterocycles. The van der Waals surface area contributed by atoms with Crippen LogP contribution >= 0.6 is 0 Å². The lowest BCUT2D eigenvalue weighted by Gasteiger charge is -2.39. The van der Waals surface area contributed by atoms with Gasteiger partial charge < -0.3 is 24.5 Å². The summed E-state index contributed by atoms with van der Waals surface area (Å²) < 4.78 is 6.37. The standard InChI is InChI=1S/C24H35N3O2/c1-17(2)26-9-7-22(8-10-26)29-23-5-6-24-19(12-23)11-20-14-25(13-18-3-4-18)15-21(16-28)27(20)24/h5-6,12,14,17-18,21-22,28H,3-4,7-11,13,15-16H2,1-2H3/t21-/m0/s1. The monoisotopic (exact) mass is 397 g/mol. The molecule has 1 N–H and O–H groups in total. The SMILES string of the molecule is CC(C)N1CCC(Oc2ccc3c(c2)CC2=CN(CC4CC4)C[C@@H](CO)N23)CC1. The summed E-state index contributed by atoms with van der Waals surface area (Å²) in [6, 6.07) is 7.35. The zero-order valence-electron chi connectivity index (χ0n) is 17.9. The minimum Gasteiger partial charge on any atom is -0.490 e. The van der Waals surface area contributed by atoms with E-state index >= 15 is 0 Å². The average molecular weight is 398 g/mol. The Hall–Kier alpha value is -1.72. The Morgan fingerprint density at radius 2 is 1.93 bits per heavy atom. The van der Waals surface area contributed by atoms with Crippen molar-refractivity contribution in [2.45, 2.75) is 64.1 Å². The summed E-state index contributed by atoms with van der Waals surface area (Å²) >= 11 is 0. The third kappa shape index (κ3) is 3.99. The molecule has 1 saturated carbocycles. The zero-order chi connectivity index (χ0) is 20.0. The Kier molecular flexibility index (Phi) is 5.21. The van der Waals surface area contributed by atoms with Crippen LogP contribution < -0.4 is 9.64 Å². The molecule has 0 radical (unpaired) electrons. The molecule has 2 fully saturated rings. The van der Waals surface area contributed by atoms with Crippen molar-refractivity contribution in [2.24, 2.45) is 5.92 Å². The van der Waals surface area contributed by atoms with Gasteiger partial charge in [-0.25, -0.2) is 0 Å². The summed E-state index contributed by atoms with van der Waals surface area (Å²) in [6.45, 7) is 9.07. The number of aliphatic hydroxyl groups excluding tert-OH is 1. The van der Waals surface area contributed by atoms with Crippen LogP contribution in [0.1, 0.15) is 45.1 Å². The van der Waals surface area contributed by atoms with Gasteiger partial charge in [0, 0.05) is 56.2 Å². The number of anilines is 1. The number of nitrogens with zero attached hydrogens (tertiary/aromatic N) is 3. The van der Waals surface area contributed by atoms with Crippen LogP contribution in [0.5, 0.6) is 5.75 Å². The molecule has 1 aromatic rings. The van der Waals surface area contributed by atoms with E-state index in [0.29, 0.717) is 12.1 Å². The molecule has 1 atom stereocenters. The van der Waals surface area contributed by atoms with Crippen molar-refractivity contribution in [3.8, 4) is 5.75 Å². The van der Waals surface area contributed by atoms with Crippen molar-refractivity contribution in [2.75, 3.05) is 37.7 Å². The maximum Gasteiger partial charge on any atom is 0.120 e. The van der Waals surface area contributed by atoms with E-state index in [4.69, 9.17) is 4.74 Å². The number of likely N-dealkylation sites (tertiary alicyclic amines) is 1. The van der Waals surface area contributed by atoms with Crippen LogP contribution in [0, 0.1) is 5.92 Å². The second kappa shape index (κ2) is 7.84. The van der Waals surface area contributed by atoms with E-state index in [1.165, 1.54) is 29.8 Å². The van der Waals surface area contributed by atoms with Gasteiger partial charge in [-0.1, -0.05) is 0 Å². The highest BCUT2D eigenvalue weighted by Crippen LogP contribution is 2.41. The summed E-state index contributed by atoms with van der Waals surface area (Å²) in [6.07, 6.45) is 8.55. The molecule has 5 heteroatoms. The fraction of sp³-hybridized carbons (Fsp3) is 0.667. The molecule has 5 nitrogen and oxygen atoms in total. The Labute approximate surface area is 174 Å². The fourth-order valence-corrected chi connectivity index (χ4v) is 5.20. The van der Waals surface area contributed by atoms with Crippen LogP contribution in [-0.4, -0.2) is 65.9 Å². The predicted octanol–water partition coefficient (Wildman–Crippen LogP) is 3.23. The van der Waals surface area contributed by atoms with Crippen LogP contribution in [0.15, 0.2) is 30.1 Å². The largest absolute Gasteiger partial charge is 0.490 e. The number of allylic oxidation sites excluding steroid dienone is 1. The van der Waals surface area contributed by atoms with Gasteiger partial charge >= 0.3 is 0 Å². The third-order valence-corrected chi connectivity index (χ3v) is 7.04. The first-order chi connectivity index (χ1) is 14.1. The van der Waals surface area contributed by atoms with Gasteiger partial charge in [0.15, 0.2) is 0 Å². The summed E-state index contributed by atoms with van der Waals surface area (Å²) in [5.74, 6) is 1.87. The summed E-state index contributed by atoms with van der Waals surface area (Å²) in [5, 5.41) is 10.0. The van der Waals surface area contributed by atoms with Crippen LogP contribution in [0.25, 0.3) is 0 Å². The number of benzene rings is 1. The van der Waals surface area contributed by atoms with Gasteiger partial charge in [-0.2, -0.15) is 0 Å². The number of fused-ring (bicyclic) bond motifs is 3. The molecule has 0 spiro atoms. The highest BCUT2D eigenvalue weighted by Gasteiger charge is 2.36. The van der Waals surface area contributed by atoms with Crippen molar-refractivity contribution < 1.29 is 9.84 Å². The number of hydrogen-bond acceptors (Lipinski definition) is 5. The topological polar surface area (TPSA) is 39.2 Å². The van der Waals surface area contributed by atoms with E-state index in [2.05, 4.69) is 52.9 Å². The molecular formula is C24H35N3O2. The van der Waals surface area contributed by atoms with E-state index < -0.39 is 0 Å². The molecule has 5 rings (SSSR count). The minimum atomic E-state index is 0.155. The predicted molar refractivity (Wildman–Crippen MR) is 116 cm³/mol. The number of aliphatic hydroxyl groups is 1. The van der Waals surface area contributed by atoms with Crippen molar-refractivity contribution in [3.63, 3.8) is 0 Å². The van der Waals surface area contributed by atoms with Gasteiger partial charge in [-0.05, 0) is 69.2 Å². The van der Waals surface area contributed by atoms with Gasteiger partial charge in [-0.3, -0.25) is 0 Å². The minimum absolute atomic E-state index is 0.155. The van der Waals surface area contributed by atoms with E-state index in [1.54, 1.807) is 0 Å². The average Bonchev–Trinajstić information content (AvgIpc) is 3.45. The van der Waals surface area contributed by atoms with Crippen molar-refractivity contribution in [1.29, 1.82) is 0 Å². The van der Waals surface area contributed by atoms with Gasteiger partial charge in [0.05, 0.1) is 12.6 Å². The van der Waals surface area contributed by atoms with Crippen molar-refractivity contribution >= 4 is 5.69 Å². The molecule has 0 aromatic heterocycles. The van der Waals surface area contributed by atoms with E-state index in [1.807, 2.05) is 0 Å². The smallest absolute Gasteiger partial charge is 0.120 e. The van der Waals surface area contributed by atoms with Crippen LogP contribution in [0.4, 0.5) is 5.69 Å². The van der Waals surface area contributed by atoms with Crippen LogP contribution in [0.3, 0.4) is 0 Å².